The fourth-order valence-electron chi connectivity index (χ4n) is 3.21. The lowest BCUT2D eigenvalue weighted by atomic mass is 10.2. The van der Waals surface area contributed by atoms with Crippen LogP contribution in [0.2, 0.25) is 0 Å². The molecule has 1 amide bonds. The van der Waals surface area contributed by atoms with Crippen molar-refractivity contribution in [2.45, 2.75) is 25.7 Å². The maximum absolute atomic E-state index is 13.0. The number of rotatable bonds is 9. The molecule has 0 bridgehead atoms. The van der Waals surface area contributed by atoms with E-state index in [0.29, 0.717) is 35.1 Å². The second kappa shape index (κ2) is 10.4. The maximum atomic E-state index is 13.0. The van der Waals surface area contributed by atoms with Crippen molar-refractivity contribution in [1.29, 1.82) is 0 Å². The van der Waals surface area contributed by atoms with E-state index in [1.807, 2.05) is 6.92 Å². The normalized spacial score (nSPS) is 11.4. The number of sulfonamides is 1. The monoisotopic (exact) mass is 470 g/mol. The van der Waals surface area contributed by atoms with Crippen LogP contribution in [0.15, 0.2) is 64.3 Å². The topological polar surface area (TPSA) is 121 Å². The van der Waals surface area contributed by atoms with Gasteiger partial charge in [-0.1, -0.05) is 19.1 Å². The predicted molar refractivity (Wildman–Crippen MR) is 126 cm³/mol. The number of aryl methyl sites for hydroxylation is 1. The highest BCUT2D eigenvalue weighted by molar-refractivity contribution is 7.89. The highest BCUT2D eigenvalue weighted by Crippen LogP contribution is 2.21. The minimum atomic E-state index is -3.86. The molecule has 2 N–H and O–H groups in total. The summed E-state index contributed by atoms with van der Waals surface area (Å²) in [6, 6.07) is 14.3. The lowest BCUT2D eigenvalue weighted by Gasteiger charge is -2.20. The van der Waals surface area contributed by atoms with Gasteiger partial charge in [0.25, 0.3) is 5.56 Å². The summed E-state index contributed by atoms with van der Waals surface area (Å²) in [7, 11) is -3.86. The molecule has 0 spiro atoms. The first-order valence-electron chi connectivity index (χ1n) is 10.4. The van der Waals surface area contributed by atoms with E-state index in [1.165, 1.54) is 18.2 Å². The highest BCUT2D eigenvalue weighted by atomic mass is 32.2. The Morgan fingerprint density at radius 3 is 2.48 bits per heavy atom. The number of carbonyl (C=O) groups excluding carboxylic acids is 1. The van der Waals surface area contributed by atoms with Crippen LogP contribution in [-0.4, -0.2) is 48.3 Å². The molecular weight excluding hydrogens is 444 g/mol. The summed E-state index contributed by atoms with van der Waals surface area (Å²) in [5.41, 5.74) is 1.37. The van der Waals surface area contributed by atoms with Crippen molar-refractivity contribution in [3.63, 3.8) is 0 Å². The van der Waals surface area contributed by atoms with Crippen LogP contribution in [0.3, 0.4) is 0 Å². The van der Waals surface area contributed by atoms with Crippen molar-refractivity contribution in [2.24, 2.45) is 0 Å². The van der Waals surface area contributed by atoms with Gasteiger partial charge in [0.05, 0.1) is 18.0 Å². The van der Waals surface area contributed by atoms with Crippen LogP contribution >= 0.6 is 0 Å². The number of aromatic nitrogens is 2. The highest BCUT2D eigenvalue weighted by Gasteiger charge is 2.25. The summed E-state index contributed by atoms with van der Waals surface area (Å²) >= 11 is 0. The third-order valence-corrected chi connectivity index (χ3v) is 6.67. The average Bonchev–Trinajstić information content (AvgIpc) is 2.77. The number of anilines is 1. The Balaban J connectivity index is 1.74. The number of carbonyl (C=O) groups is 1. The second-order valence-electron chi connectivity index (χ2n) is 7.20. The van der Waals surface area contributed by atoms with Gasteiger partial charge in [0.2, 0.25) is 15.9 Å². The van der Waals surface area contributed by atoms with E-state index in [0.717, 1.165) is 4.31 Å². The minimum Gasteiger partial charge on any atom is -0.494 e. The van der Waals surface area contributed by atoms with Crippen LogP contribution in [0, 0.1) is 6.92 Å². The van der Waals surface area contributed by atoms with Crippen LogP contribution in [0.5, 0.6) is 5.75 Å². The van der Waals surface area contributed by atoms with E-state index >= 15 is 0 Å². The van der Waals surface area contributed by atoms with Crippen LogP contribution in [0.1, 0.15) is 19.5 Å². The van der Waals surface area contributed by atoms with Crippen molar-refractivity contribution in [3.8, 4) is 17.1 Å². The Labute approximate surface area is 192 Å². The summed E-state index contributed by atoms with van der Waals surface area (Å²) in [6.07, 6.45) is 0. The molecule has 3 rings (SSSR count). The van der Waals surface area contributed by atoms with Crippen LogP contribution in [0.4, 0.5) is 5.69 Å². The molecule has 1 aromatic heterocycles. The van der Waals surface area contributed by atoms with E-state index in [9.17, 15) is 18.0 Å². The first-order valence-corrected chi connectivity index (χ1v) is 11.9. The van der Waals surface area contributed by atoms with Gasteiger partial charge in [0.1, 0.15) is 11.6 Å². The quantitative estimate of drug-likeness (QED) is 0.496. The third kappa shape index (κ3) is 6.05. The number of amides is 1. The zero-order valence-electron chi connectivity index (χ0n) is 18.7. The van der Waals surface area contributed by atoms with Crippen LogP contribution in [-0.2, 0) is 14.8 Å². The number of likely N-dealkylation sites (N-methyl/N-ethyl adjacent to an activating group) is 1. The molecule has 0 fully saturated rings. The molecule has 0 saturated heterocycles. The fraction of sp³-hybridized carbons (Fsp3) is 0.261. The van der Waals surface area contributed by atoms with Gasteiger partial charge in [-0.15, -0.1) is 0 Å². The molecule has 0 aliphatic rings. The zero-order chi connectivity index (χ0) is 24.0. The molecule has 3 aromatic rings. The van der Waals surface area contributed by atoms with Gasteiger partial charge in [-0.25, -0.2) is 13.4 Å². The molecule has 0 unspecified atom stereocenters. The van der Waals surface area contributed by atoms with Gasteiger partial charge in [0, 0.05) is 29.6 Å². The standard InChI is InChI=1S/C23H26N4O5S/c1-4-27(33(30,31)20-11-9-19(10-12-20)32-5-2)15-22(29)25-18-8-6-7-17(14-18)23-24-16(3)13-21(28)26-23/h6-14H,4-5,15H2,1-3H3,(H,25,29)(H,24,26,28). The van der Waals surface area contributed by atoms with Gasteiger partial charge in [0.15, 0.2) is 0 Å². The van der Waals surface area contributed by atoms with Gasteiger partial charge >= 0.3 is 0 Å². The number of nitrogens with zero attached hydrogens (tertiary/aromatic N) is 2. The van der Waals surface area contributed by atoms with Crippen molar-refractivity contribution in [2.75, 3.05) is 25.0 Å². The van der Waals surface area contributed by atoms with Gasteiger partial charge in [-0.05, 0) is 50.2 Å². The Morgan fingerprint density at radius 1 is 1.12 bits per heavy atom. The van der Waals surface area contributed by atoms with Gasteiger partial charge < -0.3 is 15.0 Å². The van der Waals surface area contributed by atoms with Crippen LogP contribution in [0.25, 0.3) is 11.4 Å². The first kappa shape index (κ1) is 24.1. The Hall–Kier alpha value is -3.50. The van der Waals surface area contributed by atoms with Crippen molar-refractivity contribution in [3.05, 3.63) is 70.6 Å². The second-order valence-corrected chi connectivity index (χ2v) is 9.14. The molecule has 0 aliphatic heterocycles. The predicted octanol–water partition coefficient (Wildman–Crippen LogP) is 2.79. The average molecular weight is 471 g/mol. The first-order chi connectivity index (χ1) is 15.7. The fourth-order valence-corrected chi connectivity index (χ4v) is 4.62. The molecule has 0 saturated carbocycles. The van der Waals surface area contributed by atoms with E-state index in [2.05, 4.69) is 15.3 Å². The number of hydrogen-bond acceptors (Lipinski definition) is 6. The van der Waals surface area contributed by atoms with E-state index in [1.54, 1.807) is 50.2 Å². The molecule has 174 valence electrons. The van der Waals surface area contributed by atoms with Crippen molar-refractivity contribution < 1.29 is 17.9 Å². The smallest absolute Gasteiger partial charge is 0.251 e. The molecule has 10 heteroatoms. The largest absolute Gasteiger partial charge is 0.494 e. The number of hydrogen-bond donors (Lipinski definition) is 2. The third-order valence-electron chi connectivity index (χ3n) is 4.73. The number of aromatic amines is 1. The Kier molecular flexibility index (Phi) is 7.62. The lowest BCUT2D eigenvalue weighted by molar-refractivity contribution is -0.116. The number of benzene rings is 2. The zero-order valence-corrected chi connectivity index (χ0v) is 19.5. The van der Waals surface area contributed by atoms with Gasteiger partial charge in [-0.2, -0.15) is 4.31 Å². The van der Waals surface area contributed by atoms with Crippen molar-refractivity contribution >= 4 is 21.6 Å². The van der Waals surface area contributed by atoms with E-state index < -0.39 is 15.9 Å². The molecule has 0 atom stereocenters. The summed E-state index contributed by atoms with van der Waals surface area (Å²) < 4.78 is 32.4. The molecule has 33 heavy (non-hydrogen) atoms. The molecule has 0 radical (unpaired) electrons. The minimum absolute atomic E-state index is 0.0806. The molecule has 1 heterocycles. The SMILES string of the molecule is CCOc1ccc(S(=O)(=O)N(CC)CC(=O)Nc2cccc(-c3nc(C)cc(=O)[nH]3)c2)cc1. The maximum Gasteiger partial charge on any atom is 0.251 e. The van der Waals surface area contributed by atoms with E-state index in [4.69, 9.17) is 4.74 Å². The number of nitrogens with one attached hydrogen (secondary N) is 2. The summed E-state index contributed by atoms with van der Waals surface area (Å²) in [6.45, 7) is 5.47. The Bertz CT molecular complexity index is 1290. The lowest BCUT2D eigenvalue weighted by Crippen LogP contribution is -2.37. The molecule has 2 aromatic carbocycles. The molecular formula is C23H26N4O5S. The number of H-pyrrole nitrogens is 1. The summed E-state index contributed by atoms with van der Waals surface area (Å²) in [5, 5.41) is 2.71. The molecule has 0 aliphatic carbocycles. The summed E-state index contributed by atoms with van der Waals surface area (Å²) in [4.78, 5) is 31.4. The van der Waals surface area contributed by atoms with Gasteiger partial charge in [-0.3, -0.25) is 9.59 Å². The molecule has 9 nitrogen and oxygen atoms in total. The summed E-state index contributed by atoms with van der Waals surface area (Å²) in [5.74, 6) is 0.458. The number of ether oxygens (including phenoxy) is 1. The van der Waals surface area contributed by atoms with Crippen molar-refractivity contribution in [1.82, 2.24) is 14.3 Å². The van der Waals surface area contributed by atoms with E-state index in [-0.39, 0.29) is 23.5 Å². The Morgan fingerprint density at radius 2 is 1.85 bits per heavy atom. The van der Waals surface area contributed by atoms with Crippen LogP contribution < -0.4 is 15.6 Å².